The number of phenols is 1. The van der Waals surface area contributed by atoms with Crippen LogP contribution in [0.4, 0.5) is 0 Å². The summed E-state index contributed by atoms with van der Waals surface area (Å²) in [5.74, 6) is -1.06. The van der Waals surface area contributed by atoms with E-state index in [0.29, 0.717) is 19.6 Å². The maximum absolute atomic E-state index is 11.5. The Morgan fingerprint density at radius 3 is 2.62 bits per heavy atom. The highest BCUT2D eigenvalue weighted by molar-refractivity contribution is 5.77. The second kappa shape index (κ2) is 5.58. The average molecular weight is 283 g/mol. The predicted molar refractivity (Wildman–Crippen MR) is 79.0 cm³/mol. The van der Waals surface area contributed by atoms with Gasteiger partial charge in [0, 0.05) is 25.2 Å². The average Bonchev–Trinajstić information content (AvgIpc) is 2.48. The van der Waals surface area contributed by atoms with E-state index in [2.05, 4.69) is 4.90 Å². The van der Waals surface area contributed by atoms with Gasteiger partial charge in [0.05, 0.1) is 5.92 Å². The smallest absolute Gasteiger partial charge is 0.312 e. The number of aliphatic carboxylic acids is 1. The largest absolute Gasteiger partial charge is 0.508 e. The molecule has 2 aromatic carbocycles. The molecule has 1 aliphatic heterocycles. The quantitative estimate of drug-likeness (QED) is 0.909. The van der Waals surface area contributed by atoms with Crippen LogP contribution >= 0.6 is 0 Å². The normalized spacial score (nSPS) is 18.2. The van der Waals surface area contributed by atoms with E-state index >= 15 is 0 Å². The lowest BCUT2D eigenvalue weighted by Gasteiger charge is -2.32. The summed E-state index contributed by atoms with van der Waals surface area (Å²) in [6.45, 7) is 1.71. The Kier molecular flexibility index (Phi) is 3.62. The number of carboxylic acid groups (broad SMARTS) is 1. The van der Waals surface area contributed by atoms with Crippen molar-refractivity contribution in [3.8, 4) is 5.75 Å². The Bertz CT molecular complexity index is 669. The van der Waals surface area contributed by atoms with Crippen LogP contribution in [-0.4, -0.2) is 27.6 Å². The first-order valence-corrected chi connectivity index (χ1v) is 6.95. The third-order valence-corrected chi connectivity index (χ3v) is 3.95. The van der Waals surface area contributed by atoms with Crippen LogP contribution in [0.1, 0.15) is 22.6 Å². The summed E-state index contributed by atoms with van der Waals surface area (Å²) >= 11 is 0. The Balaban J connectivity index is 1.87. The summed E-state index contributed by atoms with van der Waals surface area (Å²) in [7, 11) is 0. The van der Waals surface area contributed by atoms with Gasteiger partial charge in [0.25, 0.3) is 0 Å². The van der Waals surface area contributed by atoms with Crippen LogP contribution in [-0.2, 0) is 17.9 Å². The maximum Gasteiger partial charge on any atom is 0.312 e. The molecule has 0 amide bonds. The van der Waals surface area contributed by atoms with E-state index in [1.54, 1.807) is 12.1 Å². The van der Waals surface area contributed by atoms with E-state index in [9.17, 15) is 15.0 Å². The van der Waals surface area contributed by atoms with Crippen molar-refractivity contribution in [3.63, 3.8) is 0 Å². The van der Waals surface area contributed by atoms with E-state index in [1.165, 1.54) is 0 Å². The molecule has 2 aromatic rings. The highest BCUT2D eigenvalue weighted by Crippen LogP contribution is 2.30. The number of aromatic hydroxyl groups is 1. The SMILES string of the molecule is O=C(O)C1CN(Cc2ccccc2O)Cc2ccccc21. The molecule has 0 radical (unpaired) electrons. The lowest BCUT2D eigenvalue weighted by atomic mass is 9.89. The second-order valence-electron chi connectivity index (χ2n) is 5.39. The van der Waals surface area contributed by atoms with E-state index in [4.69, 9.17) is 0 Å². The van der Waals surface area contributed by atoms with Crippen LogP contribution in [0.15, 0.2) is 48.5 Å². The zero-order chi connectivity index (χ0) is 14.8. The molecule has 0 aromatic heterocycles. The highest BCUT2D eigenvalue weighted by atomic mass is 16.4. The number of benzene rings is 2. The van der Waals surface area contributed by atoms with Crippen molar-refractivity contribution in [1.29, 1.82) is 0 Å². The minimum absolute atomic E-state index is 0.253. The third-order valence-electron chi connectivity index (χ3n) is 3.95. The van der Waals surface area contributed by atoms with Gasteiger partial charge in [0.2, 0.25) is 0 Å². The van der Waals surface area contributed by atoms with Crippen LogP contribution in [0.5, 0.6) is 5.75 Å². The van der Waals surface area contributed by atoms with Crippen LogP contribution in [0.3, 0.4) is 0 Å². The number of carboxylic acids is 1. The Morgan fingerprint density at radius 2 is 1.86 bits per heavy atom. The molecule has 4 heteroatoms. The molecule has 0 fully saturated rings. The molecule has 0 saturated carbocycles. The summed E-state index contributed by atoms with van der Waals surface area (Å²) in [5, 5.41) is 19.3. The Hall–Kier alpha value is -2.33. The van der Waals surface area contributed by atoms with E-state index < -0.39 is 11.9 Å². The van der Waals surface area contributed by atoms with Gasteiger partial charge in [-0.1, -0.05) is 42.5 Å². The molecular weight excluding hydrogens is 266 g/mol. The van der Waals surface area contributed by atoms with Gasteiger partial charge < -0.3 is 10.2 Å². The molecule has 0 bridgehead atoms. The number of para-hydroxylation sites is 1. The van der Waals surface area contributed by atoms with E-state index in [-0.39, 0.29) is 5.75 Å². The zero-order valence-corrected chi connectivity index (χ0v) is 11.6. The standard InChI is InChI=1S/C17H17NO3/c19-16-8-4-2-6-13(16)10-18-9-12-5-1-3-7-14(12)15(11-18)17(20)21/h1-8,15,19H,9-11H2,(H,20,21). The monoisotopic (exact) mass is 283 g/mol. The van der Waals surface area contributed by atoms with Crippen molar-refractivity contribution in [2.45, 2.75) is 19.0 Å². The molecule has 108 valence electrons. The first kappa shape index (κ1) is 13.6. The second-order valence-corrected chi connectivity index (χ2v) is 5.39. The summed E-state index contributed by atoms with van der Waals surface area (Å²) in [6, 6.07) is 14.9. The van der Waals surface area contributed by atoms with Crippen LogP contribution in [0.2, 0.25) is 0 Å². The zero-order valence-electron chi connectivity index (χ0n) is 11.6. The van der Waals surface area contributed by atoms with Gasteiger partial charge in [-0.15, -0.1) is 0 Å². The number of rotatable bonds is 3. The van der Waals surface area contributed by atoms with Gasteiger partial charge in [0.15, 0.2) is 0 Å². The van der Waals surface area contributed by atoms with Crippen LogP contribution in [0, 0.1) is 0 Å². The van der Waals surface area contributed by atoms with Crippen molar-refractivity contribution in [3.05, 3.63) is 65.2 Å². The molecule has 3 rings (SSSR count). The van der Waals surface area contributed by atoms with Gasteiger partial charge in [-0.3, -0.25) is 9.69 Å². The summed E-state index contributed by atoms with van der Waals surface area (Å²) in [6.07, 6.45) is 0. The number of nitrogens with zero attached hydrogens (tertiary/aromatic N) is 1. The number of hydrogen-bond donors (Lipinski definition) is 2. The fraction of sp³-hybridized carbons (Fsp3) is 0.235. The molecule has 1 aliphatic rings. The molecular formula is C17H17NO3. The molecule has 21 heavy (non-hydrogen) atoms. The van der Waals surface area contributed by atoms with E-state index in [1.807, 2.05) is 36.4 Å². The first-order chi connectivity index (χ1) is 10.1. The van der Waals surface area contributed by atoms with Gasteiger partial charge in [-0.2, -0.15) is 0 Å². The molecule has 2 N–H and O–H groups in total. The topological polar surface area (TPSA) is 60.8 Å². The maximum atomic E-state index is 11.5. The van der Waals surface area contributed by atoms with Crippen molar-refractivity contribution < 1.29 is 15.0 Å². The highest BCUT2D eigenvalue weighted by Gasteiger charge is 2.30. The van der Waals surface area contributed by atoms with Crippen LogP contribution < -0.4 is 0 Å². The molecule has 0 spiro atoms. The lowest BCUT2D eigenvalue weighted by molar-refractivity contribution is -0.139. The molecule has 4 nitrogen and oxygen atoms in total. The minimum atomic E-state index is -0.801. The molecule has 0 saturated heterocycles. The van der Waals surface area contributed by atoms with Crippen molar-refractivity contribution >= 4 is 5.97 Å². The molecule has 1 atom stereocenters. The Labute approximate surface area is 123 Å². The molecule has 1 unspecified atom stereocenters. The van der Waals surface area contributed by atoms with Gasteiger partial charge in [-0.05, 0) is 17.2 Å². The van der Waals surface area contributed by atoms with Crippen molar-refractivity contribution in [2.24, 2.45) is 0 Å². The molecule has 0 aliphatic carbocycles. The summed E-state index contributed by atoms with van der Waals surface area (Å²) < 4.78 is 0. The number of fused-ring (bicyclic) bond motifs is 1. The van der Waals surface area contributed by atoms with Crippen molar-refractivity contribution in [2.75, 3.05) is 6.54 Å². The van der Waals surface area contributed by atoms with Crippen LogP contribution in [0.25, 0.3) is 0 Å². The van der Waals surface area contributed by atoms with Gasteiger partial charge in [-0.25, -0.2) is 0 Å². The van der Waals surface area contributed by atoms with Gasteiger partial charge in [0.1, 0.15) is 5.75 Å². The van der Waals surface area contributed by atoms with Gasteiger partial charge >= 0.3 is 5.97 Å². The number of hydrogen-bond acceptors (Lipinski definition) is 3. The third kappa shape index (κ3) is 2.76. The number of phenolic OH excluding ortho intramolecular Hbond substituents is 1. The predicted octanol–water partition coefficient (Wildman–Crippen LogP) is 2.58. The minimum Gasteiger partial charge on any atom is -0.508 e. The summed E-state index contributed by atoms with van der Waals surface area (Å²) in [5.41, 5.74) is 2.77. The fourth-order valence-corrected chi connectivity index (χ4v) is 2.90. The van der Waals surface area contributed by atoms with Crippen molar-refractivity contribution in [1.82, 2.24) is 4.90 Å². The fourth-order valence-electron chi connectivity index (χ4n) is 2.90. The van der Waals surface area contributed by atoms with E-state index in [0.717, 1.165) is 16.7 Å². The first-order valence-electron chi connectivity index (χ1n) is 6.95. The summed E-state index contributed by atoms with van der Waals surface area (Å²) in [4.78, 5) is 13.6. The number of carbonyl (C=O) groups is 1. The molecule has 1 heterocycles. The lowest BCUT2D eigenvalue weighted by Crippen LogP contribution is -2.36. The Morgan fingerprint density at radius 1 is 1.14 bits per heavy atom.